The second kappa shape index (κ2) is 8.09. The van der Waals surface area contributed by atoms with Crippen molar-refractivity contribution in [3.8, 4) is 0 Å². The van der Waals surface area contributed by atoms with Crippen LogP contribution in [-0.2, 0) is 16.1 Å². The zero-order chi connectivity index (χ0) is 20.4. The van der Waals surface area contributed by atoms with Crippen molar-refractivity contribution in [2.45, 2.75) is 32.9 Å². The number of benzene rings is 2. The molecule has 0 aliphatic carbocycles. The lowest BCUT2D eigenvalue weighted by molar-refractivity contribution is -0.136. The molecule has 2 aromatic rings. The predicted molar refractivity (Wildman–Crippen MR) is 102 cm³/mol. The van der Waals surface area contributed by atoms with Crippen LogP contribution in [0.4, 0.5) is 8.78 Å². The number of halogens is 2. The summed E-state index contributed by atoms with van der Waals surface area (Å²) in [5, 5.41) is 0. The molecule has 28 heavy (non-hydrogen) atoms. The van der Waals surface area contributed by atoms with Crippen molar-refractivity contribution in [2.75, 3.05) is 13.6 Å². The Kier molecular flexibility index (Phi) is 5.77. The molecule has 0 spiro atoms. The Balaban J connectivity index is 1.65. The topological polar surface area (TPSA) is 40.6 Å². The maximum Gasteiger partial charge on any atom is 0.228 e. The van der Waals surface area contributed by atoms with Gasteiger partial charge in [-0.25, -0.2) is 8.78 Å². The molecule has 0 bridgehead atoms. The van der Waals surface area contributed by atoms with Crippen LogP contribution in [0.1, 0.15) is 36.1 Å². The van der Waals surface area contributed by atoms with Crippen molar-refractivity contribution in [1.82, 2.24) is 9.80 Å². The minimum Gasteiger partial charge on any atom is -0.339 e. The van der Waals surface area contributed by atoms with Gasteiger partial charge in [0.2, 0.25) is 11.8 Å². The van der Waals surface area contributed by atoms with Gasteiger partial charge in [-0.15, -0.1) is 0 Å². The van der Waals surface area contributed by atoms with Crippen LogP contribution in [0, 0.1) is 24.5 Å². The molecule has 4 nitrogen and oxygen atoms in total. The standard InChI is InChI=1S/C22H24F2N2O2/c1-14-4-6-16(7-5-14)12-26-13-18(11-21(26)27)22(28)25(3)15(2)17-8-9-19(23)20(24)10-17/h4-10,15,18H,11-13H2,1-3H3. The minimum absolute atomic E-state index is 0.0483. The van der Waals surface area contributed by atoms with E-state index in [0.717, 1.165) is 23.3 Å². The molecule has 3 rings (SSSR count). The summed E-state index contributed by atoms with van der Waals surface area (Å²) in [6, 6.07) is 11.2. The first kappa shape index (κ1) is 20.0. The van der Waals surface area contributed by atoms with Crippen LogP contribution in [0.3, 0.4) is 0 Å². The molecule has 0 N–H and O–H groups in total. The normalized spacial score (nSPS) is 17.7. The van der Waals surface area contributed by atoms with Crippen LogP contribution >= 0.6 is 0 Å². The molecule has 6 heteroatoms. The van der Waals surface area contributed by atoms with E-state index in [1.54, 1.807) is 18.9 Å². The number of hydrogen-bond acceptors (Lipinski definition) is 2. The summed E-state index contributed by atoms with van der Waals surface area (Å²) >= 11 is 0. The van der Waals surface area contributed by atoms with Gasteiger partial charge < -0.3 is 9.80 Å². The van der Waals surface area contributed by atoms with Crippen LogP contribution in [0.5, 0.6) is 0 Å². The Hall–Kier alpha value is -2.76. The fraction of sp³-hybridized carbons (Fsp3) is 0.364. The van der Waals surface area contributed by atoms with Gasteiger partial charge in [-0.05, 0) is 37.1 Å². The molecule has 0 radical (unpaired) electrons. The lowest BCUT2D eigenvalue weighted by Crippen LogP contribution is -2.36. The number of likely N-dealkylation sites (tertiary alicyclic amines) is 1. The Bertz CT molecular complexity index is 883. The highest BCUT2D eigenvalue weighted by atomic mass is 19.2. The van der Waals surface area contributed by atoms with Gasteiger partial charge in [0.1, 0.15) is 0 Å². The lowest BCUT2D eigenvalue weighted by atomic mass is 10.0. The molecule has 2 unspecified atom stereocenters. The summed E-state index contributed by atoms with van der Waals surface area (Å²) in [6.07, 6.45) is 0.166. The van der Waals surface area contributed by atoms with E-state index < -0.39 is 23.6 Å². The second-order valence-electron chi connectivity index (χ2n) is 7.46. The third-order valence-electron chi connectivity index (χ3n) is 5.41. The summed E-state index contributed by atoms with van der Waals surface area (Å²) < 4.78 is 26.7. The third-order valence-corrected chi connectivity index (χ3v) is 5.41. The van der Waals surface area contributed by atoms with E-state index in [9.17, 15) is 18.4 Å². The van der Waals surface area contributed by atoms with Crippen molar-refractivity contribution in [1.29, 1.82) is 0 Å². The molecule has 0 aromatic heterocycles. The summed E-state index contributed by atoms with van der Waals surface area (Å²) in [4.78, 5) is 28.4. The van der Waals surface area contributed by atoms with Crippen LogP contribution in [0.25, 0.3) is 0 Å². The second-order valence-corrected chi connectivity index (χ2v) is 7.46. The zero-order valence-electron chi connectivity index (χ0n) is 16.3. The van der Waals surface area contributed by atoms with Crippen LogP contribution in [0.15, 0.2) is 42.5 Å². The first-order valence-electron chi connectivity index (χ1n) is 9.31. The maximum atomic E-state index is 13.5. The summed E-state index contributed by atoms with van der Waals surface area (Å²) in [5.41, 5.74) is 2.68. The highest BCUT2D eigenvalue weighted by Gasteiger charge is 2.36. The maximum absolute atomic E-state index is 13.5. The SMILES string of the molecule is Cc1ccc(CN2CC(C(=O)N(C)C(C)c3ccc(F)c(F)c3)CC2=O)cc1. The summed E-state index contributed by atoms with van der Waals surface area (Å²) in [5.74, 6) is -2.51. The molecule has 2 atom stereocenters. The van der Waals surface area contributed by atoms with E-state index in [4.69, 9.17) is 0 Å². The van der Waals surface area contributed by atoms with E-state index in [1.165, 1.54) is 11.0 Å². The number of amides is 2. The molecular formula is C22H24F2N2O2. The molecule has 1 aliphatic rings. The quantitative estimate of drug-likeness (QED) is 0.783. The Morgan fingerprint density at radius 1 is 1.18 bits per heavy atom. The number of aryl methyl sites for hydroxylation is 1. The van der Waals surface area contributed by atoms with E-state index in [-0.39, 0.29) is 18.2 Å². The van der Waals surface area contributed by atoms with E-state index in [1.807, 2.05) is 31.2 Å². The van der Waals surface area contributed by atoms with Crippen LogP contribution in [-0.4, -0.2) is 35.2 Å². The molecular weight excluding hydrogens is 362 g/mol. The number of rotatable bonds is 5. The Labute approximate surface area is 163 Å². The molecule has 1 fully saturated rings. The third kappa shape index (κ3) is 4.21. The van der Waals surface area contributed by atoms with Crippen LogP contribution in [0.2, 0.25) is 0 Å². The van der Waals surface area contributed by atoms with Crippen LogP contribution < -0.4 is 0 Å². The molecule has 148 valence electrons. The molecule has 2 amide bonds. The van der Waals surface area contributed by atoms with Crippen molar-refractivity contribution < 1.29 is 18.4 Å². The zero-order valence-corrected chi connectivity index (χ0v) is 16.3. The van der Waals surface area contributed by atoms with E-state index in [0.29, 0.717) is 18.7 Å². The average molecular weight is 386 g/mol. The van der Waals surface area contributed by atoms with Crippen molar-refractivity contribution in [3.05, 3.63) is 70.8 Å². The van der Waals surface area contributed by atoms with E-state index in [2.05, 4.69) is 0 Å². The molecule has 2 aromatic carbocycles. The highest BCUT2D eigenvalue weighted by molar-refractivity contribution is 5.89. The Morgan fingerprint density at radius 2 is 1.86 bits per heavy atom. The largest absolute Gasteiger partial charge is 0.339 e. The van der Waals surface area contributed by atoms with Gasteiger partial charge in [-0.3, -0.25) is 9.59 Å². The van der Waals surface area contributed by atoms with E-state index >= 15 is 0 Å². The number of nitrogens with zero attached hydrogens (tertiary/aromatic N) is 2. The minimum atomic E-state index is -0.939. The first-order valence-corrected chi connectivity index (χ1v) is 9.31. The van der Waals surface area contributed by atoms with Crippen molar-refractivity contribution >= 4 is 11.8 Å². The van der Waals surface area contributed by atoms with Gasteiger partial charge in [-0.2, -0.15) is 0 Å². The predicted octanol–water partition coefficient (Wildman–Crippen LogP) is 3.84. The van der Waals surface area contributed by atoms with Gasteiger partial charge in [0.05, 0.1) is 12.0 Å². The smallest absolute Gasteiger partial charge is 0.228 e. The van der Waals surface area contributed by atoms with Gasteiger partial charge >= 0.3 is 0 Å². The van der Waals surface area contributed by atoms with Crippen molar-refractivity contribution in [2.24, 2.45) is 5.92 Å². The summed E-state index contributed by atoms with van der Waals surface area (Å²) in [7, 11) is 1.63. The van der Waals surface area contributed by atoms with Gasteiger partial charge in [-0.1, -0.05) is 35.9 Å². The highest BCUT2D eigenvalue weighted by Crippen LogP contribution is 2.27. The monoisotopic (exact) mass is 386 g/mol. The number of hydrogen-bond donors (Lipinski definition) is 0. The molecule has 1 saturated heterocycles. The first-order chi connectivity index (χ1) is 13.3. The van der Waals surface area contributed by atoms with Gasteiger partial charge in [0, 0.05) is 26.6 Å². The molecule has 0 saturated carbocycles. The lowest BCUT2D eigenvalue weighted by Gasteiger charge is -2.28. The fourth-order valence-electron chi connectivity index (χ4n) is 3.48. The van der Waals surface area contributed by atoms with Crippen molar-refractivity contribution in [3.63, 3.8) is 0 Å². The average Bonchev–Trinajstić information content (AvgIpc) is 3.04. The molecule has 1 aliphatic heterocycles. The number of carbonyl (C=O) groups is 2. The van der Waals surface area contributed by atoms with Gasteiger partial charge in [0.25, 0.3) is 0 Å². The van der Waals surface area contributed by atoms with Gasteiger partial charge in [0.15, 0.2) is 11.6 Å². The number of carbonyl (C=O) groups excluding carboxylic acids is 2. The Morgan fingerprint density at radius 3 is 2.50 bits per heavy atom. The molecule has 1 heterocycles. The summed E-state index contributed by atoms with van der Waals surface area (Å²) in [6.45, 7) is 4.60. The fourth-order valence-corrected chi connectivity index (χ4v) is 3.48.